The molecule has 0 spiro atoms. The molecular weight excluding hydrogens is 170 g/mol. The van der Waals surface area contributed by atoms with Gasteiger partial charge in [-0.15, -0.1) is 0 Å². The number of rotatable bonds is 8. The summed E-state index contributed by atoms with van der Waals surface area (Å²) in [7, 11) is 0. The second-order valence-corrected chi connectivity index (χ2v) is 5.12. The van der Waals surface area contributed by atoms with Gasteiger partial charge in [0.05, 0.1) is 0 Å². The Labute approximate surface area is 90.5 Å². The second-order valence-electron chi connectivity index (χ2n) is 5.12. The molecule has 0 saturated heterocycles. The number of unbranched alkanes of at least 4 members (excludes halogenated alkanes) is 1. The van der Waals surface area contributed by atoms with Gasteiger partial charge in [-0.2, -0.15) is 0 Å². The lowest BCUT2D eigenvalue weighted by molar-refractivity contribution is 0.409. The van der Waals surface area contributed by atoms with Gasteiger partial charge in [0.2, 0.25) is 0 Å². The van der Waals surface area contributed by atoms with Crippen molar-refractivity contribution in [1.82, 2.24) is 0 Å². The average molecular weight is 199 g/mol. The molecule has 1 nitrogen and oxygen atoms in total. The molecule has 0 aromatic heterocycles. The van der Waals surface area contributed by atoms with E-state index in [0.29, 0.717) is 6.04 Å². The summed E-state index contributed by atoms with van der Waals surface area (Å²) in [5, 5.41) is 0. The van der Waals surface area contributed by atoms with Crippen LogP contribution in [0.5, 0.6) is 0 Å². The Bertz CT molecular complexity index is 120. The van der Waals surface area contributed by atoms with Crippen molar-refractivity contribution in [2.24, 2.45) is 17.6 Å². The summed E-state index contributed by atoms with van der Waals surface area (Å²) >= 11 is 0. The van der Waals surface area contributed by atoms with Crippen molar-refractivity contribution in [2.75, 3.05) is 0 Å². The van der Waals surface area contributed by atoms with Gasteiger partial charge in [-0.25, -0.2) is 0 Å². The van der Waals surface area contributed by atoms with Gasteiger partial charge < -0.3 is 5.73 Å². The van der Waals surface area contributed by atoms with Crippen LogP contribution >= 0.6 is 0 Å². The molecule has 0 aliphatic heterocycles. The first-order chi connectivity index (χ1) is 6.56. The Morgan fingerprint density at radius 1 is 0.929 bits per heavy atom. The maximum absolute atomic E-state index is 5.77. The second kappa shape index (κ2) is 8.28. The summed E-state index contributed by atoms with van der Waals surface area (Å²) in [5.41, 5.74) is 5.77. The third-order valence-corrected chi connectivity index (χ3v) is 3.11. The highest BCUT2D eigenvalue weighted by Gasteiger charge is 2.05. The van der Waals surface area contributed by atoms with Gasteiger partial charge in [0.25, 0.3) is 0 Å². The van der Waals surface area contributed by atoms with E-state index in [1.165, 1.54) is 38.5 Å². The van der Waals surface area contributed by atoms with Gasteiger partial charge in [-0.1, -0.05) is 52.9 Å². The minimum Gasteiger partial charge on any atom is -0.328 e. The zero-order valence-corrected chi connectivity index (χ0v) is 10.6. The van der Waals surface area contributed by atoms with E-state index in [9.17, 15) is 0 Å². The maximum atomic E-state index is 5.77. The van der Waals surface area contributed by atoms with Gasteiger partial charge in [0.15, 0.2) is 0 Å². The molecule has 2 N–H and O–H groups in total. The first-order valence-electron chi connectivity index (χ1n) is 6.31. The van der Waals surface area contributed by atoms with Crippen LogP contribution < -0.4 is 5.73 Å². The van der Waals surface area contributed by atoms with Crippen molar-refractivity contribution in [3.63, 3.8) is 0 Å². The highest BCUT2D eigenvalue weighted by Crippen LogP contribution is 2.17. The summed E-state index contributed by atoms with van der Waals surface area (Å²) < 4.78 is 0. The zero-order chi connectivity index (χ0) is 11.0. The molecule has 1 heteroatoms. The maximum Gasteiger partial charge on any atom is 0.00130 e. The predicted octanol–water partition coefficient (Wildman–Crippen LogP) is 3.97. The van der Waals surface area contributed by atoms with E-state index in [4.69, 9.17) is 5.73 Å². The van der Waals surface area contributed by atoms with Crippen molar-refractivity contribution in [3.8, 4) is 0 Å². The molecule has 0 aromatic carbocycles. The predicted molar refractivity (Wildman–Crippen MR) is 65.4 cm³/mol. The highest BCUT2D eigenvalue weighted by atomic mass is 14.6. The summed E-state index contributed by atoms with van der Waals surface area (Å²) in [6, 6.07) is 0.375. The Morgan fingerprint density at radius 2 is 1.43 bits per heavy atom. The SMILES string of the molecule is CCC(C)CCCCC(C)CC(C)N. The minimum atomic E-state index is 0.375. The molecule has 0 aromatic rings. The lowest BCUT2D eigenvalue weighted by atomic mass is 9.94. The van der Waals surface area contributed by atoms with E-state index >= 15 is 0 Å². The fourth-order valence-corrected chi connectivity index (χ4v) is 1.94. The molecule has 0 amide bonds. The topological polar surface area (TPSA) is 26.0 Å². The van der Waals surface area contributed by atoms with Crippen molar-refractivity contribution < 1.29 is 0 Å². The summed E-state index contributed by atoms with van der Waals surface area (Å²) in [4.78, 5) is 0. The van der Waals surface area contributed by atoms with Gasteiger partial charge in [0, 0.05) is 6.04 Å². The first-order valence-corrected chi connectivity index (χ1v) is 6.31. The van der Waals surface area contributed by atoms with Crippen LogP contribution in [0.2, 0.25) is 0 Å². The Kier molecular flexibility index (Phi) is 8.26. The van der Waals surface area contributed by atoms with Crippen molar-refractivity contribution in [2.45, 2.75) is 72.3 Å². The van der Waals surface area contributed by atoms with Gasteiger partial charge in [-0.3, -0.25) is 0 Å². The fraction of sp³-hybridized carbons (Fsp3) is 1.00. The monoisotopic (exact) mass is 199 g/mol. The van der Waals surface area contributed by atoms with E-state index in [1.807, 2.05) is 0 Å². The Hall–Kier alpha value is -0.0400. The van der Waals surface area contributed by atoms with Crippen molar-refractivity contribution in [3.05, 3.63) is 0 Å². The lowest BCUT2D eigenvalue weighted by Gasteiger charge is -2.14. The van der Waals surface area contributed by atoms with Gasteiger partial charge >= 0.3 is 0 Å². The largest absolute Gasteiger partial charge is 0.328 e. The molecule has 0 heterocycles. The standard InChI is InChI=1S/C13H29N/c1-5-11(2)8-6-7-9-12(3)10-13(4)14/h11-13H,5-10,14H2,1-4H3. The van der Waals surface area contributed by atoms with Crippen LogP contribution in [0, 0.1) is 11.8 Å². The van der Waals surface area contributed by atoms with E-state index in [-0.39, 0.29) is 0 Å². The van der Waals surface area contributed by atoms with Crippen LogP contribution in [-0.2, 0) is 0 Å². The van der Waals surface area contributed by atoms with Crippen molar-refractivity contribution in [1.29, 1.82) is 0 Å². The Balaban J connectivity index is 3.27. The van der Waals surface area contributed by atoms with E-state index in [2.05, 4.69) is 27.7 Å². The molecule has 0 fully saturated rings. The van der Waals surface area contributed by atoms with Crippen LogP contribution in [0.4, 0.5) is 0 Å². The highest BCUT2D eigenvalue weighted by molar-refractivity contribution is 4.61. The summed E-state index contributed by atoms with van der Waals surface area (Å²) in [5.74, 6) is 1.73. The van der Waals surface area contributed by atoms with Crippen molar-refractivity contribution >= 4 is 0 Å². The lowest BCUT2D eigenvalue weighted by Crippen LogP contribution is -2.18. The summed E-state index contributed by atoms with van der Waals surface area (Å²) in [6.45, 7) is 9.07. The summed E-state index contributed by atoms with van der Waals surface area (Å²) in [6.07, 6.45) is 8.06. The van der Waals surface area contributed by atoms with Gasteiger partial charge in [0.1, 0.15) is 0 Å². The molecule has 3 atom stereocenters. The molecule has 86 valence electrons. The number of nitrogens with two attached hydrogens (primary N) is 1. The van der Waals surface area contributed by atoms with E-state index in [0.717, 1.165) is 11.8 Å². The zero-order valence-electron chi connectivity index (χ0n) is 10.6. The molecule has 0 aliphatic carbocycles. The van der Waals surface area contributed by atoms with E-state index in [1.54, 1.807) is 0 Å². The first kappa shape index (κ1) is 14.0. The molecule has 0 bridgehead atoms. The van der Waals surface area contributed by atoms with E-state index < -0.39 is 0 Å². The van der Waals surface area contributed by atoms with Gasteiger partial charge in [-0.05, 0) is 25.2 Å². The molecule has 0 aliphatic rings. The molecule has 0 radical (unpaired) electrons. The van der Waals surface area contributed by atoms with Crippen LogP contribution in [0.1, 0.15) is 66.2 Å². The quantitative estimate of drug-likeness (QED) is 0.588. The third kappa shape index (κ3) is 8.55. The molecule has 0 rings (SSSR count). The smallest absolute Gasteiger partial charge is 0.00130 e. The number of hydrogen-bond acceptors (Lipinski definition) is 1. The van der Waals surface area contributed by atoms with Crippen LogP contribution in [0.25, 0.3) is 0 Å². The minimum absolute atomic E-state index is 0.375. The molecule has 0 saturated carbocycles. The fourth-order valence-electron chi connectivity index (χ4n) is 1.94. The molecular formula is C13H29N. The van der Waals surface area contributed by atoms with Crippen LogP contribution in [-0.4, -0.2) is 6.04 Å². The molecule has 3 unspecified atom stereocenters. The molecule has 14 heavy (non-hydrogen) atoms. The average Bonchev–Trinajstić information content (AvgIpc) is 2.10. The Morgan fingerprint density at radius 3 is 1.86 bits per heavy atom. The van der Waals surface area contributed by atoms with Crippen LogP contribution in [0.15, 0.2) is 0 Å². The third-order valence-electron chi connectivity index (χ3n) is 3.11. The van der Waals surface area contributed by atoms with Crippen LogP contribution in [0.3, 0.4) is 0 Å². The normalized spacial score (nSPS) is 17.8. The number of hydrogen-bond donors (Lipinski definition) is 1.